The van der Waals surface area contributed by atoms with E-state index in [1.54, 1.807) is 0 Å². The zero-order valence-electron chi connectivity index (χ0n) is 9.40. The highest BCUT2D eigenvalue weighted by atomic mass is 16.5. The van der Waals surface area contributed by atoms with E-state index in [1.165, 1.54) is 17.1 Å². The lowest BCUT2D eigenvalue weighted by molar-refractivity contribution is -0.158. The molecule has 1 aromatic heterocycles. The number of carbonyl (C=O) groups excluding carboxylic acids is 2. The molecule has 18 heavy (non-hydrogen) atoms. The predicted molar refractivity (Wildman–Crippen MR) is 56.7 cm³/mol. The summed E-state index contributed by atoms with van der Waals surface area (Å²) in [5, 5.41) is 8.69. The van der Waals surface area contributed by atoms with Crippen molar-refractivity contribution in [1.82, 2.24) is 14.5 Å². The van der Waals surface area contributed by atoms with Gasteiger partial charge in [0.2, 0.25) is 0 Å². The number of nitrogens with zero attached hydrogens (tertiary/aromatic N) is 3. The second-order valence-corrected chi connectivity index (χ2v) is 3.73. The normalized spacial score (nSPS) is 16.1. The molecule has 1 aliphatic heterocycles. The fourth-order valence-corrected chi connectivity index (χ4v) is 1.58. The SMILES string of the molecule is O=C(O)c1cn(CCN2C(=O)COCC2=O)cn1. The van der Waals surface area contributed by atoms with Gasteiger partial charge < -0.3 is 14.4 Å². The van der Waals surface area contributed by atoms with Crippen molar-refractivity contribution in [3.63, 3.8) is 0 Å². The summed E-state index contributed by atoms with van der Waals surface area (Å²) < 4.78 is 6.29. The van der Waals surface area contributed by atoms with Crippen molar-refractivity contribution < 1.29 is 24.2 Å². The third-order valence-corrected chi connectivity index (χ3v) is 2.49. The number of hydrogen-bond acceptors (Lipinski definition) is 5. The maximum atomic E-state index is 11.4. The Bertz CT molecular complexity index is 479. The maximum Gasteiger partial charge on any atom is 0.356 e. The molecule has 2 heterocycles. The molecule has 8 heteroatoms. The van der Waals surface area contributed by atoms with Gasteiger partial charge in [0.15, 0.2) is 5.69 Å². The van der Waals surface area contributed by atoms with Gasteiger partial charge in [-0.25, -0.2) is 9.78 Å². The van der Waals surface area contributed by atoms with Crippen LogP contribution in [0.3, 0.4) is 0 Å². The van der Waals surface area contributed by atoms with Crippen LogP contribution < -0.4 is 0 Å². The number of aromatic nitrogens is 2. The summed E-state index contributed by atoms with van der Waals surface area (Å²) in [6, 6.07) is 0. The molecule has 0 radical (unpaired) electrons. The van der Waals surface area contributed by atoms with Crippen LogP contribution in [-0.2, 0) is 20.9 Å². The van der Waals surface area contributed by atoms with E-state index in [0.29, 0.717) is 6.54 Å². The second-order valence-electron chi connectivity index (χ2n) is 3.73. The summed E-state index contributed by atoms with van der Waals surface area (Å²) >= 11 is 0. The van der Waals surface area contributed by atoms with E-state index in [0.717, 1.165) is 4.90 Å². The van der Waals surface area contributed by atoms with Crippen LogP contribution in [0.1, 0.15) is 10.5 Å². The first-order valence-electron chi connectivity index (χ1n) is 5.24. The average molecular weight is 253 g/mol. The maximum absolute atomic E-state index is 11.4. The molecule has 0 unspecified atom stereocenters. The summed E-state index contributed by atoms with van der Waals surface area (Å²) in [6.07, 6.45) is 2.69. The molecule has 0 aromatic carbocycles. The van der Waals surface area contributed by atoms with Gasteiger partial charge in [-0.05, 0) is 0 Å². The first kappa shape index (κ1) is 12.2. The number of hydrogen-bond donors (Lipinski definition) is 1. The van der Waals surface area contributed by atoms with Gasteiger partial charge in [0.25, 0.3) is 11.8 Å². The van der Waals surface area contributed by atoms with Crippen LogP contribution in [0.2, 0.25) is 0 Å². The Morgan fingerprint density at radius 3 is 2.56 bits per heavy atom. The number of aromatic carboxylic acids is 1. The third-order valence-electron chi connectivity index (χ3n) is 2.49. The van der Waals surface area contributed by atoms with Gasteiger partial charge in [-0.3, -0.25) is 14.5 Å². The lowest BCUT2D eigenvalue weighted by Crippen LogP contribution is -2.47. The first-order valence-corrected chi connectivity index (χ1v) is 5.24. The Kier molecular flexibility index (Phi) is 3.38. The van der Waals surface area contributed by atoms with Gasteiger partial charge in [-0.1, -0.05) is 0 Å². The van der Waals surface area contributed by atoms with Gasteiger partial charge in [0.1, 0.15) is 13.2 Å². The van der Waals surface area contributed by atoms with E-state index in [4.69, 9.17) is 9.84 Å². The molecule has 8 nitrogen and oxygen atoms in total. The molecule has 1 aliphatic rings. The van der Waals surface area contributed by atoms with Gasteiger partial charge in [0.05, 0.1) is 6.33 Å². The van der Waals surface area contributed by atoms with Crippen LogP contribution in [0.25, 0.3) is 0 Å². The number of rotatable bonds is 4. The van der Waals surface area contributed by atoms with E-state index >= 15 is 0 Å². The fourth-order valence-electron chi connectivity index (χ4n) is 1.58. The predicted octanol–water partition coefficient (Wildman–Crippen LogP) is -1.03. The molecule has 1 fully saturated rings. The summed E-state index contributed by atoms with van der Waals surface area (Å²) in [5.41, 5.74) is -0.0744. The molecular weight excluding hydrogens is 242 g/mol. The Morgan fingerprint density at radius 2 is 2.00 bits per heavy atom. The summed E-state index contributed by atoms with van der Waals surface area (Å²) in [7, 11) is 0. The van der Waals surface area contributed by atoms with Crippen molar-refractivity contribution in [2.24, 2.45) is 0 Å². The van der Waals surface area contributed by atoms with E-state index < -0.39 is 5.97 Å². The van der Waals surface area contributed by atoms with Crippen molar-refractivity contribution in [2.45, 2.75) is 6.54 Å². The fraction of sp³-hybridized carbons (Fsp3) is 0.400. The molecule has 96 valence electrons. The highest BCUT2D eigenvalue weighted by Gasteiger charge is 2.26. The Hall–Kier alpha value is -2.22. The summed E-state index contributed by atoms with van der Waals surface area (Å²) in [5.74, 6) is -1.89. The molecule has 1 N–H and O–H groups in total. The lowest BCUT2D eigenvalue weighted by Gasteiger charge is -2.24. The van der Waals surface area contributed by atoms with Crippen LogP contribution >= 0.6 is 0 Å². The number of imidazole rings is 1. The largest absolute Gasteiger partial charge is 0.476 e. The van der Waals surface area contributed by atoms with Gasteiger partial charge in [0, 0.05) is 19.3 Å². The van der Waals surface area contributed by atoms with E-state index in [-0.39, 0.29) is 37.3 Å². The molecule has 2 rings (SSSR count). The number of carboxylic acids is 1. The van der Waals surface area contributed by atoms with E-state index in [2.05, 4.69) is 4.98 Å². The smallest absolute Gasteiger partial charge is 0.356 e. The average Bonchev–Trinajstić information content (AvgIpc) is 2.77. The van der Waals surface area contributed by atoms with Gasteiger partial charge in [-0.15, -0.1) is 0 Å². The molecule has 0 atom stereocenters. The molecular formula is C10H11N3O5. The van der Waals surface area contributed by atoms with E-state index in [9.17, 15) is 14.4 Å². The van der Waals surface area contributed by atoms with Crippen molar-refractivity contribution in [2.75, 3.05) is 19.8 Å². The van der Waals surface area contributed by atoms with Crippen LogP contribution in [0, 0.1) is 0 Å². The zero-order valence-corrected chi connectivity index (χ0v) is 9.40. The van der Waals surface area contributed by atoms with Crippen molar-refractivity contribution in [3.8, 4) is 0 Å². The zero-order chi connectivity index (χ0) is 13.1. The number of carboxylic acid groups (broad SMARTS) is 1. The Balaban J connectivity index is 1.95. The Labute approximate surface area is 102 Å². The minimum absolute atomic E-state index is 0.0744. The molecule has 0 aliphatic carbocycles. The van der Waals surface area contributed by atoms with E-state index in [1.807, 2.05) is 0 Å². The molecule has 1 saturated heterocycles. The van der Waals surface area contributed by atoms with Crippen molar-refractivity contribution in [3.05, 3.63) is 18.2 Å². The number of morpholine rings is 1. The monoisotopic (exact) mass is 253 g/mol. The number of imide groups is 1. The summed E-state index contributed by atoms with van der Waals surface area (Å²) in [4.78, 5) is 38.2. The quantitative estimate of drug-likeness (QED) is 0.688. The third kappa shape index (κ3) is 2.54. The molecule has 0 spiro atoms. The highest BCUT2D eigenvalue weighted by Crippen LogP contribution is 2.02. The number of ether oxygens (including phenoxy) is 1. The van der Waals surface area contributed by atoms with Crippen molar-refractivity contribution >= 4 is 17.8 Å². The molecule has 0 bridgehead atoms. The highest BCUT2D eigenvalue weighted by molar-refractivity contribution is 5.98. The number of amides is 2. The standard InChI is InChI=1S/C10H11N3O5/c14-8-4-18-5-9(15)13(8)2-1-12-3-7(10(16)17)11-6-12/h3,6H,1-2,4-5H2,(H,16,17). The summed E-state index contributed by atoms with van der Waals surface area (Å²) in [6.45, 7) is 0.278. The minimum Gasteiger partial charge on any atom is -0.476 e. The van der Waals surface area contributed by atoms with Crippen LogP contribution in [0.15, 0.2) is 12.5 Å². The molecule has 2 amide bonds. The van der Waals surface area contributed by atoms with Crippen molar-refractivity contribution in [1.29, 1.82) is 0 Å². The Morgan fingerprint density at radius 1 is 1.33 bits per heavy atom. The van der Waals surface area contributed by atoms with Crippen LogP contribution in [-0.4, -0.2) is 57.1 Å². The lowest BCUT2D eigenvalue weighted by atomic mass is 10.4. The second kappa shape index (κ2) is 4.96. The van der Waals surface area contributed by atoms with Crippen LogP contribution in [0.4, 0.5) is 0 Å². The molecule has 0 saturated carbocycles. The number of carbonyl (C=O) groups is 3. The van der Waals surface area contributed by atoms with Gasteiger partial charge in [-0.2, -0.15) is 0 Å². The topological polar surface area (TPSA) is 102 Å². The van der Waals surface area contributed by atoms with Crippen LogP contribution in [0.5, 0.6) is 0 Å². The molecule has 1 aromatic rings. The minimum atomic E-state index is -1.12. The van der Waals surface area contributed by atoms with Gasteiger partial charge >= 0.3 is 5.97 Å². The first-order chi connectivity index (χ1) is 8.58.